The van der Waals surface area contributed by atoms with Crippen LogP contribution in [0.25, 0.3) is 17.0 Å². The molecule has 4 aromatic rings. The first-order chi connectivity index (χ1) is 17.2. The highest BCUT2D eigenvalue weighted by molar-refractivity contribution is 5.88. The number of aromatic nitrogens is 4. The highest BCUT2D eigenvalue weighted by Crippen LogP contribution is 2.35. The first kappa shape index (κ1) is 22.8. The van der Waals surface area contributed by atoms with Crippen LogP contribution in [0.1, 0.15) is 18.4 Å². The third-order valence-corrected chi connectivity index (χ3v) is 6.33. The smallest absolute Gasteiger partial charge is 0.231 e. The van der Waals surface area contributed by atoms with Crippen LogP contribution in [0.5, 0.6) is 11.6 Å². The Hall–Kier alpha value is -3.98. The SMILES string of the molecule is COc1ccc(-c2nnc3ccc(OCCNC(=O)C4(c5ccccc5)CCOCC4)nn23)cc1. The molecule has 1 saturated heterocycles. The summed E-state index contributed by atoms with van der Waals surface area (Å²) in [6.07, 6.45) is 1.31. The number of carbonyl (C=O) groups excluding carboxylic acids is 1. The molecule has 180 valence electrons. The van der Waals surface area contributed by atoms with Crippen LogP contribution < -0.4 is 14.8 Å². The molecule has 1 amide bonds. The molecule has 0 bridgehead atoms. The van der Waals surface area contributed by atoms with Crippen molar-refractivity contribution in [3.63, 3.8) is 0 Å². The number of methoxy groups -OCH3 is 1. The first-order valence-electron chi connectivity index (χ1n) is 11.6. The number of carbonyl (C=O) groups is 1. The fourth-order valence-electron chi connectivity index (χ4n) is 4.38. The lowest BCUT2D eigenvalue weighted by atomic mass is 9.73. The van der Waals surface area contributed by atoms with Gasteiger partial charge < -0.3 is 19.5 Å². The summed E-state index contributed by atoms with van der Waals surface area (Å²) in [6, 6.07) is 21.0. The molecule has 0 aliphatic carbocycles. The Kier molecular flexibility index (Phi) is 6.58. The predicted octanol–water partition coefficient (Wildman–Crippen LogP) is 3.04. The predicted molar refractivity (Wildman–Crippen MR) is 129 cm³/mol. The van der Waals surface area contributed by atoms with Crippen LogP contribution in [-0.2, 0) is 14.9 Å². The molecule has 0 atom stereocenters. The number of amides is 1. The van der Waals surface area contributed by atoms with Crippen molar-refractivity contribution >= 4 is 11.6 Å². The van der Waals surface area contributed by atoms with Gasteiger partial charge in [0, 0.05) is 24.8 Å². The maximum atomic E-state index is 13.3. The number of nitrogens with one attached hydrogen (secondary N) is 1. The molecule has 9 nitrogen and oxygen atoms in total. The topological polar surface area (TPSA) is 99.9 Å². The van der Waals surface area contributed by atoms with Gasteiger partial charge in [0.05, 0.1) is 19.1 Å². The minimum atomic E-state index is -0.577. The molecule has 1 aliphatic rings. The van der Waals surface area contributed by atoms with Gasteiger partial charge in [0.1, 0.15) is 12.4 Å². The van der Waals surface area contributed by atoms with E-state index in [1.165, 1.54) is 0 Å². The first-order valence-corrected chi connectivity index (χ1v) is 11.6. The number of hydrogen-bond acceptors (Lipinski definition) is 7. The summed E-state index contributed by atoms with van der Waals surface area (Å²) in [5.41, 5.74) is 1.91. The van der Waals surface area contributed by atoms with Gasteiger partial charge >= 0.3 is 0 Å². The lowest BCUT2D eigenvalue weighted by molar-refractivity contribution is -0.130. The van der Waals surface area contributed by atoms with Crippen molar-refractivity contribution in [1.29, 1.82) is 0 Å². The van der Waals surface area contributed by atoms with Gasteiger partial charge in [-0.1, -0.05) is 30.3 Å². The second kappa shape index (κ2) is 10.1. The summed E-state index contributed by atoms with van der Waals surface area (Å²) in [4.78, 5) is 13.3. The van der Waals surface area contributed by atoms with Crippen LogP contribution in [-0.4, -0.2) is 59.2 Å². The Bertz CT molecular complexity index is 1280. The number of ether oxygens (including phenoxy) is 3. The Morgan fingerprint density at radius 3 is 2.54 bits per heavy atom. The van der Waals surface area contributed by atoms with Crippen LogP contribution in [0.3, 0.4) is 0 Å². The Morgan fingerprint density at radius 1 is 1.03 bits per heavy atom. The Balaban J connectivity index is 1.24. The van der Waals surface area contributed by atoms with E-state index in [0.29, 0.717) is 50.0 Å². The van der Waals surface area contributed by atoms with Crippen LogP contribution in [0.15, 0.2) is 66.7 Å². The molecule has 9 heteroatoms. The Morgan fingerprint density at radius 2 is 1.80 bits per heavy atom. The zero-order chi connectivity index (χ0) is 24.1. The maximum absolute atomic E-state index is 13.3. The molecular formula is C26H27N5O4. The fraction of sp³-hybridized carbons (Fsp3) is 0.308. The molecule has 5 rings (SSSR count). The number of nitrogens with zero attached hydrogens (tertiary/aromatic N) is 4. The van der Waals surface area contributed by atoms with E-state index in [1.54, 1.807) is 23.8 Å². The van der Waals surface area contributed by atoms with E-state index in [9.17, 15) is 4.79 Å². The van der Waals surface area contributed by atoms with Gasteiger partial charge in [-0.3, -0.25) is 4.79 Å². The molecule has 35 heavy (non-hydrogen) atoms. The minimum absolute atomic E-state index is 0.000358. The average Bonchev–Trinajstić information content (AvgIpc) is 3.35. The second-order valence-electron chi connectivity index (χ2n) is 8.36. The molecule has 3 heterocycles. The molecular weight excluding hydrogens is 446 g/mol. The molecule has 0 spiro atoms. The standard InChI is InChI=1S/C26H27N5O4/c1-33-21-9-7-19(8-10-21)24-29-28-22-11-12-23(30-31(22)24)35-18-15-27-25(32)26(13-16-34-17-14-26)20-5-3-2-4-6-20/h2-12H,13-18H2,1H3,(H,27,32). The van der Waals surface area contributed by atoms with Crippen molar-refractivity contribution in [2.75, 3.05) is 33.5 Å². The van der Waals surface area contributed by atoms with E-state index in [1.807, 2.05) is 54.6 Å². The van der Waals surface area contributed by atoms with Crippen molar-refractivity contribution in [3.8, 4) is 23.0 Å². The van der Waals surface area contributed by atoms with Crippen LogP contribution >= 0.6 is 0 Å². The molecule has 1 N–H and O–H groups in total. The van der Waals surface area contributed by atoms with Gasteiger partial charge in [0.15, 0.2) is 11.5 Å². The van der Waals surface area contributed by atoms with Crippen LogP contribution in [0.2, 0.25) is 0 Å². The maximum Gasteiger partial charge on any atom is 0.231 e. The van der Waals surface area contributed by atoms with Gasteiger partial charge in [-0.15, -0.1) is 15.3 Å². The fourth-order valence-corrected chi connectivity index (χ4v) is 4.38. The van der Waals surface area contributed by atoms with E-state index >= 15 is 0 Å². The van der Waals surface area contributed by atoms with E-state index in [0.717, 1.165) is 16.9 Å². The van der Waals surface area contributed by atoms with Crippen LogP contribution in [0.4, 0.5) is 0 Å². The zero-order valence-corrected chi connectivity index (χ0v) is 19.5. The molecule has 0 unspecified atom stereocenters. The summed E-state index contributed by atoms with van der Waals surface area (Å²) in [5.74, 6) is 1.78. The molecule has 1 fully saturated rings. The van der Waals surface area contributed by atoms with Crippen molar-refractivity contribution < 1.29 is 19.0 Å². The highest BCUT2D eigenvalue weighted by Gasteiger charge is 2.41. The normalized spacial score (nSPS) is 15.0. The average molecular weight is 474 g/mol. The number of hydrogen-bond donors (Lipinski definition) is 1. The van der Waals surface area contributed by atoms with Crippen LogP contribution in [0, 0.1) is 0 Å². The summed E-state index contributed by atoms with van der Waals surface area (Å²) in [6.45, 7) is 1.78. The van der Waals surface area contributed by atoms with Crippen molar-refractivity contribution in [2.45, 2.75) is 18.3 Å². The zero-order valence-electron chi connectivity index (χ0n) is 19.5. The molecule has 0 radical (unpaired) electrons. The van der Waals surface area contributed by atoms with Gasteiger partial charge in [0.25, 0.3) is 0 Å². The molecule has 2 aromatic carbocycles. The minimum Gasteiger partial charge on any atom is -0.497 e. The van der Waals surface area contributed by atoms with Crippen molar-refractivity contribution in [1.82, 2.24) is 25.1 Å². The third-order valence-electron chi connectivity index (χ3n) is 6.33. The van der Waals surface area contributed by atoms with Gasteiger partial charge in [-0.25, -0.2) is 0 Å². The molecule has 0 saturated carbocycles. The highest BCUT2D eigenvalue weighted by atomic mass is 16.5. The summed E-state index contributed by atoms with van der Waals surface area (Å²) < 4.78 is 18.2. The van der Waals surface area contributed by atoms with E-state index in [2.05, 4.69) is 20.6 Å². The van der Waals surface area contributed by atoms with Crippen molar-refractivity contribution in [2.24, 2.45) is 0 Å². The van der Waals surface area contributed by atoms with E-state index < -0.39 is 5.41 Å². The monoisotopic (exact) mass is 473 g/mol. The Labute approximate surface area is 203 Å². The van der Waals surface area contributed by atoms with Crippen molar-refractivity contribution in [3.05, 3.63) is 72.3 Å². The number of benzene rings is 2. The van der Waals surface area contributed by atoms with E-state index in [-0.39, 0.29) is 12.5 Å². The largest absolute Gasteiger partial charge is 0.497 e. The van der Waals surface area contributed by atoms with Gasteiger partial charge in [0.2, 0.25) is 11.8 Å². The number of fused-ring (bicyclic) bond motifs is 1. The quantitative estimate of drug-likeness (QED) is 0.393. The third kappa shape index (κ3) is 4.67. The molecule has 2 aromatic heterocycles. The molecule has 1 aliphatic heterocycles. The van der Waals surface area contributed by atoms with E-state index in [4.69, 9.17) is 14.2 Å². The van der Waals surface area contributed by atoms with Gasteiger partial charge in [-0.2, -0.15) is 4.52 Å². The second-order valence-corrected chi connectivity index (χ2v) is 8.36. The lowest BCUT2D eigenvalue weighted by Gasteiger charge is -2.36. The van der Waals surface area contributed by atoms with Gasteiger partial charge in [-0.05, 0) is 48.7 Å². The summed E-state index contributed by atoms with van der Waals surface area (Å²) in [5, 5.41) is 16.0. The lowest BCUT2D eigenvalue weighted by Crippen LogP contribution is -2.48. The summed E-state index contributed by atoms with van der Waals surface area (Å²) >= 11 is 0. The number of rotatable bonds is 8. The summed E-state index contributed by atoms with van der Waals surface area (Å²) in [7, 11) is 1.63.